The van der Waals surface area contributed by atoms with Crippen LogP contribution in [0.3, 0.4) is 0 Å². The summed E-state index contributed by atoms with van der Waals surface area (Å²) in [5.41, 5.74) is 1.57. The lowest BCUT2D eigenvalue weighted by atomic mass is 10.0. The van der Waals surface area contributed by atoms with Gasteiger partial charge < -0.3 is 10.4 Å². The predicted molar refractivity (Wildman–Crippen MR) is 105 cm³/mol. The summed E-state index contributed by atoms with van der Waals surface area (Å²) in [6, 6.07) is 3.80. The van der Waals surface area contributed by atoms with E-state index in [-0.39, 0.29) is 36.9 Å². The number of hydrogen-bond donors (Lipinski definition) is 3. The fraction of sp³-hybridized carbons (Fsp3) is 0.300. The lowest BCUT2D eigenvalue weighted by molar-refractivity contribution is -0.138. The minimum absolute atomic E-state index is 0.0481. The molecule has 1 unspecified atom stereocenters. The molecule has 2 aliphatic rings. The number of aliphatic carboxylic acids is 1. The Kier molecular flexibility index (Phi) is 5.24. The molecular weight excluding hydrogens is 406 g/mol. The number of amides is 4. The lowest BCUT2D eigenvalue weighted by Gasteiger charge is -2.27. The quantitative estimate of drug-likeness (QED) is 0.539. The van der Waals surface area contributed by atoms with E-state index < -0.39 is 35.6 Å². The third kappa shape index (κ3) is 3.89. The molecule has 4 amide bonds. The van der Waals surface area contributed by atoms with Crippen LogP contribution in [0.25, 0.3) is 0 Å². The molecule has 0 aliphatic carbocycles. The van der Waals surface area contributed by atoms with Crippen LogP contribution in [0.1, 0.15) is 45.5 Å². The van der Waals surface area contributed by atoms with Gasteiger partial charge in [-0.1, -0.05) is 6.07 Å². The average Bonchev–Trinajstić information content (AvgIpc) is 3.29. The first-order valence-corrected chi connectivity index (χ1v) is 9.66. The van der Waals surface area contributed by atoms with Crippen LogP contribution >= 0.6 is 0 Å². The van der Waals surface area contributed by atoms with E-state index in [0.717, 1.165) is 10.5 Å². The standard InChI is InChI=1S/C20H19N5O6/c26-15-5-4-14(18(29)23-15)25-19(30)12-2-1-3-13(17(12)20(25)31)21-8-11-9-22-24(10-11)7-6-16(27)28/h1-3,9-10,14,21H,4-8H2,(H,27,28)(H,23,26,29). The number of imide groups is 2. The van der Waals surface area contributed by atoms with Crippen LogP contribution in [0.4, 0.5) is 5.69 Å². The molecule has 0 spiro atoms. The maximum absolute atomic E-state index is 13.0. The number of carboxylic acids is 1. The molecular formula is C20H19N5O6. The molecule has 11 nitrogen and oxygen atoms in total. The second-order valence-electron chi connectivity index (χ2n) is 7.28. The van der Waals surface area contributed by atoms with E-state index in [2.05, 4.69) is 15.7 Å². The van der Waals surface area contributed by atoms with Crippen LogP contribution in [-0.2, 0) is 27.5 Å². The number of nitrogens with zero attached hydrogens (tertiary/aromatic N) is 3. The van der Waals surface area contributed by atoms with Gasteiger partial charge in [0.2, 0.25) is 11.8 Å². The number of nitrogens with one attached hydrogen (secondary N) is 2. The van der Waals surface area contributed by atoms with Crippen LogP contribution in [0.2, 0.25) is 0 Å². The van der Waals surface area contributed by atoms with E-state index in [1.54, 1.807) is 24.5 Å². The molecule has 160 valence electrons. The number of carbonyl (C=O) groups is 5. The van der Waals surface area contributed by atoms with E-state index >= 15 is 0 Å². The first-order chi connectivity index (χ1) is 14.8. The molecule has 0 bridgehead atoms. The summed E-state index contributed by atoms with van der Waals surface area (Å²) in [5, 5.41) is 18.1. The van der Waals surface area contributed by atoms with Gasteiger partial charge in [0.1, 0.15) is 6.04 Å². The van der Waals surface area contributed by atoms with Crippen molar-refractivity contribution in [2.75, 3.05) is 5.32 Å². The number of carboxylic acid groups (broad SMARTS) is 1. The molecule has 0 radical (unpaired) electrons. The number of fused-ring (bicyclic) bond motifs is 1. The third-order valence-corrected chi connectivity index (χ3v) is 5.19. The van der Waals surface area contributed by atoms with Crippen LogP contribution in [0.15, 0.2) is 30.6 Å². The lowest BCUT2D eigenvalue weighted by Crippen LogP contribution is -2.54. The molecule has 2 aliphatic heterocycles. The molecule has 1 aromatic heterocycles. The van der Waals surface area contributed by atoms with E-state index in [4.69, 9.17) is 5.11 Å². The fourth-order valence-corrected chi connectivity index (χ4v) is 3.69. The van der Waals surface area contributed by atoms with Gasteiger partial charge in [0.15, 0.2) is 0 Å². The van der Waals surface area contributed by atoms with Crippen molar-refractivity contribution in [3.05, 3.63) is 47.3 Å². The summed E-state index contributed by atoms with van der Waals surface area (Å²) in [7, 11) is 0. The van der Waals surface area contributed by atoms with Crippen LogP contribution in [-0.4, -0.2) is 55.4 Å². The zero-order chi connectivity index (χ0) is 22.1. The normalized spacial score (nSPS) is 18.2. The van der Waals surface area contributed by atoms with Gasteiger partial charge in [-0.3, -0.25) is 38.9 Å². The highest BCUT2D eigenvalue weighted by Gasteiger charge is 2.45. The highest BCUT2D eigenvalue weighted by atomic mass is 16.4. The Morgan fingerprint density at radius 1 is 1.23 bits per heavy atom. The summed E-state index contributed by atoms with van der Waals surface area (Å²) in [6.07, 6.45) is 3.38. The number of rotatable bonds is 7. The molecule has 3 heterocycles. The van der Waals surface area contributed by atoms with Crippen molar-refractivity contribution >= 4 is 35.3 Å². The Bertz CT molecular complexity index is 1110. The van der Waals surface area contributed by atoms with Gasteiger partial charge in [-0.2, -0.15) is 5.10 Å². The van der Waals surface area contributed by atoms with Crippen molar-refractivity contribution in [2.24, 2.45) is 0 Å². The smallest absolute Gasteiger partial charge is 0.305 e. The average molecular weight is 425 g/mol. The molecule has 11 heteroatoms. The number of anilines is 1. The maximum atomic E-state index is 13.0. The van der Waals surface area contributed by atoms with Gasteiger partial charge >= 0.3 is 5.97 Å². The Hall–Kier alpha value is -4.02. The Morgan fingerprint density at radius 2 is 2.03 bits per heavy atom. The summed E-state index contributed by atoms with van der Waals surface area (Å²) in [5.74, 6) is -3.16. The van der Waals surface area contributed by atoms with Crippen molar-refractivity contribution in [1.82, 2.24) is 20.0 Å². The first kappa shape index (κ1) is 20.3. The number of aryl methyl sites for hydroxylation is 1. The monoisotopic (exact) mass is 425 g/mol. The van der Waals surface area contributed by atoms with Gasteiger partial charge in [0, 0.05) is 30.4 Å². The summed E-state index contributed by atoms with van der Waals surface area (Å²) < 4.78 is 1.51. The number of benzene rings is 1. The molecule has 3 N–H and O–H groups in total. The van der Waals surface area contributed by atoms with Crippen LogP contribution < -0.4 is 10.6 Å². The molecule has 4 rings (SSSR count). The Labute approximate surface area is 176 Å². The molecule has 1 aromatic carbocycles. The van der Waals surface area contributed by atoms with Crippen molar-refractivity contribution in [3.8, 4) is 0 Å². The molecule has 2 aromatic rings. The van der Waals surface area contributed by atoms with Gasteiger partial charge in [0.05, 0.1) is 30.3 Å². The Balaban J connectivity index is 1.50. The second-order valence-corrected chi connectivity index (χ2v) is 7.28. The number of piperidine rings is 1. The third-order valence-electron chi connectivity index (χ3n) is 5.19. The zero-order valence-corrected chi connectivity index (χ0v) is 16.3. The largest absolute Gasteiger partial charge is 0.481 e. The van der Waals surface area contributed by atoms with Gasteiger partial charge in [-0.25, -0.2) is 0 Å². The maximum Gasteiger partial charge on any atom is 0.305 e. The summed E-state index contributed by atoms with van der Waals surface area (Å²) in [6.45, 7) is 0.535. The van der Waals surface area contributed by atoms with Crippen molar-refractivity contribution in [1.29, 1.82) is 0 Å². The van der Waals surface area contributed by atoms with Crippen molar-refractivity contribution in [2.45, 2.75) is 38.4 Å². The number of carbonyl (C=O) groups excluding carboxylic acids is 4. The van der Waals surface area contributed by atoms with Crippen molar-refractivity contribution in [3.63, 3.8) is 0 Å². The Morgan fingerprint density at radius 3 is 2.77 bits per heavy atom. The van der Waals surface area contributed by atoms with Crippen LogP contribution in [0.5, 0.6) is 0 Å². The molecule has 1 fully saturated rings. The van der Waals surface area contributed by atoms with E-state index in [1.807, 2.05) is 0 Å². The van der Waals surface area contributed by atoms with E-state index in [9.17, 15) is 24.0 Å². The molecule has 31 heavy (non-hydrogen) atoms. The van der Waals surface area contributed by atoms with Gasteiger partial charge in [-0.15, -0.1) is 0 Å². The minimum Gasteiger partial charge on any atom is -0.481 e. The topological polar surface area (TPSA) is 151 Å². The van der Waals surface area contributed by atoms with Crippen LogP contribution in [0, 0.1) is 0 Å². The van der Waals surface area contributed by atoms with E-state index in [0.29, 0.717) is 12.2 Å². The highest BCUT2D eigenvalue weighted by Crippen LogP contribution is 2.32. The fourth-order valence-electron chi connectivity index (χ4n) is 3.69. The van der Waals surface area contributed by atoms with Gasteiger partial charge in [0.25, 0.3) is 11.8 Å². The SMILES string of the molecule is O=C(O)CCn1cc(CNc2cccc3c2C(=O)N(C2CCC(=O)NC2=O)C3=O)cn1. The van der Waals surface area contributed by atoms with Crippen molar-refractivity contribution < 1.29 is 29.1 Å². The number of hydrogen-bond acceptors (Lipinski definition) is 7. The number of aromatic nitrogens is 2. The molecule has 1 atom stereocenters. The van der Waals surface area contributed by atoms with E-state index in [1.165, 1.54) is 10.7 Å². The summed E-state index contributed by atoms with van der Waals surface area (Å²) in [4.78, 5) is 61.1. The van der Waals surface area contributed by atoms with Gasteiger partial charge in [-0.05, 0) is 18.6 Å². The zero-order valence-electron chi connectivity index (χ0n) is 16.3. The minimum atomic E-state index is -1.02. The highest BCUT2D eigenvalue weighted by molar-refractivity contribution is 6.25. The second kappa shape index (κ2) is 8.01. The summed E-state index contributed by atoms with van der Waals surface area (Å²) >= 11 is 0. The first-order valence-electron chi connectivity index (χ1n) is 9.66. The molecule has 1 saturated heterocycles. The predicted octanol–water partition coefficient (Wildman–Crippen LogP) is 0.371. The molecule has 0 saturated carbocycles.